The molecule has 0 aliphatic rings. The van der Waals surface area contributed by atoms with Gasteiger partial charge >= 0.3 is 0 Å². The van der Waals surface area contributed by atoms with Crippen LogP contribution in [0.25, 0.3) is 0 Å². The molecular formula is C13H19ClFN. The normalized spacial score (nSPS) is 12.8. The first-order chi connectivity index (χ1) is 7.69. The second kappa shape index (κ2) is 6.87. The third kappa shape index (κ3) is 3.76. The lowest BCUT2D eigenvalue weighted by atomic mass is 10.0. The van der Waals surface area contributed by atoms with Crippen molar-refractivity contribution in [1.82, 2.24) is 5.32 Å². The van der Waals surface area contributed by atoms with E-state index in [0.717, 1.165) is 19.4 Å². The van der Waals surface area contributed by atoms with Gasteiger partial charge in [0.25, 0.3) is 0 Å². The van der Waals surface area contributed by atoms with Crippen LogP contribution >= 0.6 is 11.6 Å². The standard InChI is InChI=1S/C13H19ClFN/c1-3-10(16-4-2)8-9-11-12(14)6-5-7-13(11)15/h5-7,10,16H,3-4,8-9H2,1-2H3. The minimum absolute atomic E-state index is 0.196. The molecule has 1 aromatic carbocycles. The molecule has 1 atom stereocenters. The van der Waals surface area contributed by atoms with E-state index in [2.05, 4.69) is 19.2 Å². The van der Waals surface area contributed by atoms with Crippen molar-refractivity contribution in [3.8, 4) is 0 Å². The lowest BCUT2D eigenvalue weighted by Crippen LogP contribution is -2.28. The van der Waals surface area contributed by atoms with Crippen LogP contribution in [-0.2, 0) is 6.42 Å². The molecule has 0 saturated heterocycles. The summed E-state index contributed by atoms with van der Waals surface area (Å²) in [6, 6.07) is 5.30. The highest BCUT2D eigenvalue weighted by Gasteiger charge is 2.10. The van der Waals surface area contributed by atoms with Gasteiger partial charge in [-0.1, -0.05) is 31.5 Å². The van der Waals surface area contributed by atoms with Gasteiger partial charge in [-0.05, 0) is 37.9 Å². The average Bonchev–Trinajstić information content (AvgIpc) is 2.27. The zero-order chi connectivity index (χ0) is 12.0. The van der Waals surface area contributed by atoms with E-state index in [1.54, 1.807) is 12.1 Å². The van der Waals surface area contributed by atoms with Gasteiger partial charge in [0.05, 0.1) is 0 Å². The summed E-state index contributed by atoms with van der Waals surface area (Å²) < 4.78 is 13.5. The molecule has 0 aromatic heterocycles. The molecule has 1 aromatic rings. The first kappa shape index (κ1) is 13.5. The van der Waals surface area contributed by atoms with E-state index in [0.29, 0.717) is 23.0 Å². The van der Waals surface area contributed by atoms with Crippen molar-refractivity contribution in [3.05, 3.63) is 34.6 Å². The Balaban J connectivity index is 2.59. The molecule has 0 fully saturated rings. The number of hydrogen-bond acceptors (Lipinski definition) is 1. The van der Waals surface area contributed by atoms with Gasteiger partial charge < -0.3 is 5.32 Å². The minimum Gasteiger partial charge on any atom is -0.314 e. The maximum absolute atomic E-state index is 13.5. The maximum Gasteiger partial charge on any atom is 0.127 e. The number of hydrogen-bond donors (Lipinski definition) is 1. The summed E-state index contributed by atoms with van der Waals surface area (Å²) in [5, 5.41) is 3.91. The van der Waals surface area contributed by atoms with Gasteiger partial charge in [-0.15, -0.1) is 0 Å². The molecule has 90 valence electrons. The van der Waals surface area contributed by atoms with Crippen molar-refractivity contribution in [1.29, 1.82) is 0 Å². The molecule has 0 radical (unpaired) electrons. The molecule has 0 heterocycles. The van der Waals surface area contributed by atoms with E-state index in [1.807, 2.05) is 0 Å². The summed E-state index contributed by atoms with van der Waals surface area (Å²) in [5.74, 6) is -0.196. The third-order valence-electron chi connectivity index (χ3n) is 2.79. The summed E-state index contributed by atoms with van der Waals surface area (Å²) >= 11 is 5.97. The van der Waals surface area contributed by atoms with Crippen LogP contribution in [0.4, 0.5) is 4.39 Å². The number of nitrogens with one attached hydrogen (secondary N) is 1. The van der Waals surface area contributed by atoms with Crippen molar-refractivity contribution < 1.29 is 4.39 Å². The van der Waals surface area contributed by atoms with E-state index in [9.17, 15) is 4.39 Å². The van der Waals surface area contributed by atoms with E-state index < -0.39 is 0 Å². The zero-order valence-corrected chi connectivity index (χ0v) is 10.6. The molecule has 0 bridgehead atoms. The van der Waals surface area contributed by atoms with Crippen LogP contribution < -0.4 is 5.32 Å². The maximum atomic E-state index is 13.5. The Morgan fingerprint density at radius 3 is 2.69 bits per heavy atom. The minimum atomic E-state index is -0.196. The van der Waals surface area contributed by atoms with Gasteiger partial charge in [0, 0.05) is 16.6 Å². The van der Waals surface area contributed by atoms with Crippen molar-refractivity contribution in [2.24, 2.45) is 0 Å². The highest BCUT2D eigenvalue weighted by atomic mass is 35.5. The Morgan fingerprint density at radius 2 is 2.12 bits per heavy atom. The lowest BCUT2D eigenvalue weighted by molar-refractivity contribution is 0.476. The van der Waals surface area contributed by atoms with E-state index in [4.69, 9.17) is 11.6 Å². The Morgan fingerprint density at radius 1 is 1.38 bits per heavy atom. The van der Waals surface area contributed by atoms with Gasteiger partial charge in [-0.3, -0.25) is 0 Å². The summed E-state index contributed by atoms with van der Waals surface area (Å²) in [7, 11) is 0. The van der Waals surface area contributed by atoms with Crippen LogP contribution in [0.1, 0.15) is 32.3 Å². The molecule has 1 N–H and O–H groups in total. The van der Waals surface area contributed by atoms with Gasteiger partial charge in [0.2, 0.25) is 0 Å². The Bertz CT molecular complexity index is 307. The van der Waals surface area contributed by atoms with Crippen LogP contribution in [0.2, 0.25) is 5.02 Å². The average molecular weight is 244 g/mol. The summed E-state index contributed by atoms with van der Waals surface area (Å²) in [6.45, 7) is 5.17. The van der Waals surface area contributed by atoms with Crippen molar-refractivity contribution in [2.45, 2.75) is 39.2 Å². The molecule has 0 spiro atoms. The predicted molar refractivity (Wildman–Crippen MR) is 67.5 cm³/mol. The number of rotatable bonds is 6. The van der Waals surface area contributed by atoms with Gasteiger partial charge in [-0.25, -0.2) is 4.39 Å². The molecule has 0 saturated carbocycles. The smallest absolute Gasteiger partial charge is 0.127 e. The highest BCUT2D eigenvalue weighted by molar-refractivity contribution is 6.31. The molecule has 1 unspecified atom stereocenters. The van der Waals surface area contributed by atoms with Crippen LogP contribution in [0.5, 0.6) is 0 Å². The molecule has 0 aliphatic heterocycles. The van der Waals surface area contributed by atoms with Crippen LogP contribution in [-0.4, -0.2) is 12.6 Å². The van der Waals surface area contributed by atoms with Crippen LogP contribution in [0.15, 0.2) is 18.2 Å². The third-order valence-corrected chi connectivity index (χ3v) is 3.14. The highest BCUT2D eigenvalue weighted by Crippen LogP contribution is 2.21. The zero-order valence-electron chi connectivity index (χ0n) is 9.89. The monoisotopic (exact) mass is 243 g/mol. The predicted octanol–water partition coefficient (Wildman–Crippen LogP) is 3.80. The molecule has 0 amide bonds. The number of benzene rings is 1. The van der Waals surface area contributed by atoms with Crippen LogP contribution in [0.3, 0.4) is 0 Å². The first-order valence-corrected chi connectivity index (χ1v) is 6.23. The van der Waals surface area contributed by atoms with Crippen molar-refractivity contribution in [2.75, 3.05) is 6.54 Å². The molecule has 1 rings (SSSR count). The summed E-state index contributed by atoms with van der Waals surface area (Å²) in [6.07, 6.45) is 2.67. The Labute approximate surface area is 102 Å². The quantitative estimate of drug-likeness (QED) is 0.802. The summed E-state index contributed by atoms with van der Waals surface area (Å²) in [4.78, 5) is 0. The van der Waals surface area contributed by atoms with E-state index in [-0.39, 0.29) is 5.82 Å². The molecular weight excluding hydrogens is 225 g/mol. The molecule has 16 heavy (non-hydrogen) atoms. The van der Waals surface area contributed by atoms with Gasteiger partial charge in [0.15, 0.2) is 0 Å². The molecule has 0 aliphatic carbocycles. The second-order valence-electron chi connectivity index (χ2n) is 3.90. The molecule has 1 nitrogen and oxygen atoms in total. The van der Waals surface area contributed by atoms with Crippen molar-refractivity contribution in [3.63, 3.8) is 0 Å². The van der Waals surface area contributed by atoms with E-state index >= 15 is 0 Å². The molecule has 3 heteroatoms. The fourth-order valence-electron chi connectivity index (χ4n) is 1.83. The SMILES string of the molecule is CCNC(CC)CCc1c(F)cccc1Cl. The summed E-state index contributed by atoms with van der Waals surface area (Å²) in [5.41, 5.74) is 0.639. The van der Waals surface area contributed by atoms with E-state index in [1.165, 1.54) is 6.07 Å². The number of halogens is 2. The topological polar surface area (TPSA) is 12.0 Å². The van der Waals surface area contributed by atoms with Gasteiger partial charge in [0.1, 0.15) is 5.82 Å². The first-order valence-electron chi connectivity index (χ1n) is 5.85. The van der Waals surface area contributed by atoms with Crippen molar-refractivity contribution >= 4 is 11.6 Å². The fraction of sp³-hybridized carbons (Fsp3) is 0.538. The Hall–Kier alpha value is -0.600. The van der Waals surface area contributed by atoms with Gasteiger partial charge in [-0.2, -0.15) is 0 Å². The van der Waals surface area contributed by atoms with Crippen LogP contribution in [0, 0.1) is 5.82 Å². The Kier molecular flexibility index (Phi) is 5.78. The lowest BCUT2D eigenvalue weighted by Gasteiger charge is -2.16. The fourth-order valence-corrected chi connectivity index (χ4v) is 2.09. The largest absolute Gasteiger partial charge is 0.314 e. The second-order valence-corrected chi connectivity index (χ2v) is 4.31.